The Kier molecular flexibility index (Phi) is 4.76. The van der Waals surface area contributed by atoms with Crippen molar-refractivity contribution >= 4 is 12.2 Å². The minimum atomic E-state index is -1.08. The summed E-state index contributed by atoms with van der Waals surface area (Å²) >= 11 is 0. The fourth-order valence-electron chi connectivity index (χ4n) is 0.515. The van der Waals surface area contributed by atoms with Gasteiger partial charge in [0.05, 0.1) is 5.57 Å². The zero-order chi connectivity index (χ0) is 9.56. The first-order chi connectivity index (χ1) is 5.61. The van der Waals surface area contributed by atoms with Crippen LogP contribution in [0.15, 0.2) is 11.8 Å². The molecular formula is C8H14N2O2. The number of hydrogen-bond donors (Lipinski definition) is 3. The molecule has 4 heteroatoms. The van der Waals surface area contributed by atoms with Gasteiger partial charge in [-0.3, -0.25) is 0 Å². The van der Waals surface area contributed by atoms with E-state index in [0.29, 0.717) is 0 Å². The molecule has 4 nitrogen and oxygen atoms in total. The van der Waals surface area contributed by atoms with Crippen molar-refractivity contribution in [3.63, 3.8) is 0 Å². The van der Waals surface area contributed by atoms with Crippen LogP contribution in [0.1, 0.15) is 20.3 Å². The molecule has 0 amide bonds. The van der Waals surface area contributed by atoms with E-state index in [2.05, 4.69) is 5.32 Å². The SMILES string of the molecule is CCC(C)N/C=C(\C=N)C(=O)O. The molecular weight excluding hydrogens is 156 g/mol. The van der Waals surface area contributed by atoms with Crippen LogP contribution in [0.4, 0.5) is 0 Å². The molecule has 3 N–H and O–H groups in total. The maximum absolute atomic E-state index is 10.4. The van der Waals surface area contributed by atoms with E-state index < -0.39 is 5.97 Å². The van der Waals surface area contributed by atoms with Crippen molar-refractivity contribution in [1.82, 2.24) is 5.32 Å². The van der Waals surface area contributed by atoms with Gasteiger partial charge in [-0.1, -0.05) is 6.92 Å². The van der Waals surface area contributed by atoms with Crippen molar-refractivity contribution in [1.29, 1.82) is 5.41 Å². The van der Waals surface area contributed by atoms with Crippen LogP contribution in [0.2, 0.25) is 0 Å². The molecule has 0 spiro atoms. The Labute approximate surface area is 71.8 Å². The van der Waals surface area contributed by atoms with E-state index in [1.54, 1.807) is 0 Å². The number of carbonyl (C=O) groups is 1. The summed E-state index contributed by atoms with van der Waals surface area (Å²) in [5.74, 6) is -1.08. The fourth-order valence-corrected chi connectivity index (χ4v) is 0.515. The molecule has 0 aromatic heterocycles. The van der Waals surface area contributed by atoms with Crippen molar-refractivity contribution in [2.24, 2.45) is 0 Å². The molecule has 0 fully saturated rings. The predicted octanol–water partition coefficient (Wildman–Crippen LogP) is 0.993. The third kappa shape index (κ3) is 3.75. The van der Waals surface area contributed by atoms with E-state index in [4.69, 9.17) is 10.5 Å². The lowest BCUT2D eigenvalue weighted by Crippen LogP contribution is -2.21. The second-order valence-electron chi connectivity index (χ2n) is 2.53. The Balaban J connectivity index is 4.12. The van der Waals surface area contributed by atoms with Gasteiger partial charge in [0.25, 0.3) is 0 Å². The molecule has 0 rings (SSSR count). The zero-order valence-electron chi connectivity index (χ0n) is 7.29. The number of carboxylic acids is 1. The van der Waals surface area contributed by atoms with Gasteiger partial charge in [-0.15, -0.1) is 0 Å². The van der Waals surface area contributed by atoms with Gasteiger partial charge in [-0.2, -0.15) is 0 Å². The highest BCUT2D eigenvalue weighted by molar-refractivity contribution is 6.07. The average Bonchev–Trinajstić information content (AvgIpc) is 2.04. The summed E-state index contributed by atoms with van der Waals surface area (Å²) in [6.07, 6.45) is 3.09. The minimum absolute atomic E-state index is 0.0321. The molecule has 12 heavy (non-hydrogen) atoms. The molecule has 0 aliphatic heterocycles. The van der Waals surface area contributed by atoms with Crippen LogP contribution >= 0.6 is 0 Å². The van der Waals surface area contributed by atoms with Crippen LogP contribution in [0.25, 0.3) is 0 Å². The van der Waals surface area contributed by atoms with Crippen LogP contribution in [-0.4, -0.2) is 23.3 Å². The van der Waals surface area contributed by atoms with E-state index in [1.165, 1.54) is 6.20 Å². The van der Waals surface area contributed by atoms with Crippen LogP contribution < -0.4 is 5.32 Å². The lowest BCUT2D eigenvalue weighted by Gasteiger charge is -2.07. The van der Waals surface area contributed by atoms with Crippen molar-refractivity contribution in [2.75, 3.05) is 0 Å². The predicted molar refractivity (Wildman–Crippen MR) is 47.4 cm³/mol. The number of rotatable bonds is 5. The molecule has 0 saturated carbocycles. The molecule has 0 bridgehead atoms. The fraction of sp³-hybridized carbons (Fsp3) is 0.500. The van der Waals surface area contributed by atoms with E-state index in [0.717, 1.165) is 12.6 Å². The van der Waals surface area contributed by atoms with Crippen molar-refractivity contribution in [3.8, 4) is 0 Å². The Bertz CT molecular complexity index is 199. The van der Waals surface area contributed by atoms with Crippen LogP contribution in [0.5, 0.6) is 0 Å². The highest BCUT2D eigenvalue weighted by Gasteiger charge is 2.02. The molecule has 1 atom stereocenters. The number of carboxylic acid groups (broad SMARTS) is 1. The lowest BCUT2D eigenvalue weighted by atomic mass is 10.2. The van der Waals surface area contributed by atoms with Gasteiger partial charge in [0, 0.05) is 18.5 Å². The Morgan fingerprint density at radius 1 is 1.75 bits per heavy atom. The quantitative estimate of drug-likeness (QED) is 0.425. The van der Waals surface area contributed by atoms with Gasteiger partial charge in [-0.05, 0) is 13.3 Å². The summed E-state index contributed by atoms with van der Waals surface area (Å²) in [4.78, 5) is 10.4. The monoisotopic (exact) mass is 170 g/mol. The first-order valence-electron chi connectivity index (χ1n) is 3.81. The van der Waals surface area contributed by atoms with Gasteiger partial charge >= 0.3 is 5.97 Å². The molecule has 0 saturated heterocycles. The number of aliphatic carboxylic acids is 1. The first-order valence-corrected chi connectivity index (χ1v) is 3.81. The normalized spacial score (nSPS) is 13.7. The maximum Gasteiger partial charge on any atom is 0.338 e. The van der Waals surface area contributed by atoms with E-state index >= 15 is 0 Å². The van der Waals surface area contributed by atoms with Gasteiger partial charge in [0.15, 0.2) is 0 Å². The molecule has 68 valence electrons. The van der Waals surface area contributed by atoms with Crippen molar-refractivity contribution in [3.05, 3.63) is 11.8 Å². The van der Waals surface area contributed by atoms with Gasteiger partial charge in [-0.25, -0.2) is 4.79 Å². The lowest BCUT2D eigenvalue weighted by molar-refractivity contribution is -0.132. The van der Waals surface area contributed by atoms with Crippen LogP contribution in [-0.2, 0) is 4.79 Å². The van der Waals surface area contributed by atoms with Crippen molar-refractivity contribution in [2.45, 2.75) is 26.3 Å². The summed E-state index contributed by atoms with van der Waals surface area (Å²) in [5.41, 5.74) is -0.0321. The molecule has 0 aliphatic carbocycles. The first kappa shape index (κ1) is 10.7. The van der Waals surface area contributed by atoms with Crippen LogP contribution in [0, 0.1) is 5.41 Å². The second-order valence-corrected chi connectivity index (χ2v) is 2.53. The number of hydrogen-bond acceptors (Lipinski definition) is 3. The zero-order valence-corrected chi connectivity index (χ0v) is 7.29. The largest absolute Gasteiger partial charge is 0.478 e. The topological polar surface area (TPSA) is 73.2 Å². The summed E-state index contributed by atoms with van der Waals surface area (Å²) in [6, 6.07) is 0.235. The summed E-state index contributed by atoms with van der Waals surface area (Å²) in [7, 11) is 0. The Morgan fingerprint density at radius 3 is 2.67 bits per heavy atom. The standard InChI is InChI=1S/C8H14N2O2/c1-3-6(2)10-5-7(4-9)8(11)12/h4-6,9-10H,3H2,1-2H3,(H,11,12)/b7-5+,9-4?. The highest BCUT2D eigenvalue weighted by atomic mass is 16.4. The van der Waals surface area contributed by atoms with Crippen LogP contribution in [0.3, 0.4) is 0 Å². The van der Waals surface area contributed by atoms with E-state index in [-0.39, 0.29) is 11.6 Å². The number of nitrogens with one attached hydrogen (secondary N) is 2. The molecule has 1 unspecified atom stereocenters. The Hall–Kier alpha value is -1.32. The molecule has 0 heterocycles. The summed E-state index contributed by atoms with van der Waals surface area (Å²) < 4.78 is 0. The molecule has 0 radical (unpaired) electrons. The smallest absolute Gasteiger partial charge is 0.338 e. The third-order valence-electron chi connectivity index (χ3n) is 1.54. The molecule has 0 aromatic carbocycles. The summed E-state index contributed by atoms with van der Waals surface area (Å²) in [5, 5.41) is 18.1. The summed E-state index contributed by atoms with van der Waals surface area (Å²) in [6.45, 7) is 3.94. The minimum Gasteiger partial charge on any atom is -0.478 e. The van der Waals surface area contributed by atoms with Gasteiger partial charge in [0.1, 0.15) is 0 Å². The Morgan fingerprint density at radius 2 is 2.33 bits per heavy atom. The third-order valence-corrected chi connectivity index (χ3v) is 1.54. The molecule has 0 aromatic rings. The average molecular weight is 170 g/mol. The van der Waals surface area contributed by atoms with E-state index in [9.17, 15) is 4.79 Å². The highest BCUT2D eigenvalue weighted by Crippen LogP contribution is 1.91. The molecule has 0 aliphatic rings. The van der Waals surface area contributed by atoms with Gasteiger partial charge in [0.2, 0.25) is 0 Å². The van der Waals surface area contributed by atoms with Crippen molar-refractivity contribution < 1.29 is 9.90 Å². The maximum atomic E-state index is 10.4. The van der Waals surface area contributed by atoms with Gasteiger partial charge < -0.3 is 15.8 Å². The van der Waals surface area contributed by atoms with E-state index in [1.807, 2.05) is 13.8 Å². The second kappa shape index (κ2) is 5.35.